The standard InChI is InChI=1S/C23H19FN2O4/c24-17-11-9-16(10-12-17)15-26(23-25-19-6-2-4-8-21(19)30-23)13-14-29-20-7-3-1-5-18(20)22(27)28/h1-12H,13-15H2,(H,27,28). The summed E-state index contributed by atoms with van der Waals surface area (Å²) in [5, 5.41) is 9.30. The van der Waals surface area contributed by atoms with Crippen LogP contribution in [0.3, 0.4) is 0 Å². The van der Waals surface area contributed by atoms with Gasteiger partial charge in [0.1, 0.15) is 29.3 Å². The first-order valence-corrected chi connectivity index (χ1v) is 9.40. The van der Waals surface area contributed by atoms with Crippen molar-refractivity contribution in [2.75, 3.05) is 18.1 Å². The summed E-state index contributed by atoms with van der Waals surface area (Å²) in [7, 11) is 0. The molecule has 0 saturated carbocycles. The predicted octanol–water partition coefficient (Wildman–Crippen LogP) is 4.75. The monoisotopic (exact) mass is 406 g/mol. The highest BCUT2D eigenvalue weighted by molar-refractivity contribution is 5.90. The number of nitrogens with zero attached hydrogens (tertiary/aromatic N) is 2. The van der Waals surface area contributed by atoms with Crippen LogP contribution in [0.15, 0.2) is 77.2 Å². The lowest BCUT2D eigenvalue weighted by Crippen LogP contribution is -2.28. The first-order valence-electron chi connectivity index (χ1n) is 9.40. The van der Waals surface area contributed by atoms with Crippen LogP contribution in [0.4, 0.5) is 10.4 Å². The molecule has 0 spiro atoms. The molecule has 0 bridgehead atoms. The van der Waals surface area contributed by atoms with E-state index in [-0.39, 0.29) is 18.0 Å². The Labute approximate surface area is 172 Å². The van der Waals surface area contributed by atoms with Crippen molar-refractivity contribution in [1.29, 1.82) is 0 Å². The van der Waals surface area contributed by atoms with Gasteiger partial charge >= 0.3 is 5.97 Å². The first-order chi connectivity index (χ1) is 14.6. The minimum absolute atomic E-state index is 0.101. The van der Waals surface area contributed by atoms with E-state index in [9.17, 15) is 14.3 Å². The number of para-hydroxylation sites is 3. The van der Waals surface area contributed by atoms with E-state index in [0.29, 0.717) is 30.4 Å². The number of anilines is 1. The fourth-order valence-electron chi connectivity index (χ4n) is 3.08. The molecule has 1 heterocycles. The molecule has 1 N–H and O–H groups in total. The Balaban J connectivity index is 1.54. The molecule has 152 valence electrons. The van der Waals surface area contributed by atoms with Gasteiger partial charge in [-0.1, -0.05) is 36.4 Å². The first kappa shape index (κ1) is 19.4. The van der Waals surface area contributed by atoms with Gasteiger partial charge in [0.05, 0.1) is 6.54 Å². The third-order valence-electron chi connectivity index (χ3n) is 4.58. The molecule has 4 aromatic rings. The van der Waals surface area contributed by atoms with Gasteiger partial charge in [0.15, 0.2) is 5.58 Å². The lowest BCUT2D eigenvalue weighted by molar-refractivity contribution is 0.0692. The highest BCUT2D eigenvalue weighted by atomic mass is 19.1. The van der Waals surface area contributed by atoms with E-state index in [4.69, 9.17) is 9.15 Å². The number of halogens is 1. The van der Waals surface area contributed by atoms with Crippen molar-refractivity contribution in [1.82, 2.24) is 4.98 Å². The van der Waals surface area contributed by atoms with E-state index in [1.165, 1.54) is 18.2 Å². The second kappa shape index (κ2) is 8.65. The molecule has 1 aromatic heterocycles. The average Bonchev–Trinajstić information content (AvgIpc) is 3.19. The molecule has 6 nitrogen and oxygen atoms in total. The number of aromatic carboxylic acids is 1. The highest BCUT2D eigenvalue weighted by Crippen LogP contribution is 2.24. The molecule has 30 heavy (non-hydrogen) atoms. The van der Waals surface area contributed by atoms with Crippen molar-refractivity contribution in [2.45, 2.75) is 6.54 Å². The van der Waals surface area contributed by atoms with E-state index in [1.54, 1.807) is 30.3 Å². The van der Waals surface area contributed by atoms with E-state index >= 15 is 0 Å². The van der Waals surface area contributed by atoms with Gasteiger partial charge in [0.2, 0.25) is 0 Å². The zero-order valence-electron chi connectivity index (χ0n) is 16.0. The van der Waals surface area contributed by atoms with Crippen molar-refractivity contribution in [2.24, 2.45) is 0 Å². The third-order valence-corrected chi connectivity index (χ3v) is 4.58. The maximum atomic E-state index is 13.3. The molecule has 7 heteroatoms. The topological polar surface area (TPSA) is 75.8 Å². The number of benzene rings is 3. The maximum Gasteiger partial charge on any atom is 0.339 e. The number of oxazole rings is 1. The number of carbonyl (C=O) groups is 1. The molecule has 0 fully saturated rings. The molecule has 0 aliphatic rings. The lowest BCUT2D eigenvalue weighted by Gasteiger charge is -2.21. The molecule has 0 aliphatic carbocycles. The number of hydrogen-bond acceptors (Lipinski definition) is 5. The molecule has 0 amide bonds. The summed E-state index contributed by atoms with van der Waals surface area (Å²) in [6.45, 7) is 1.03. The summed E-state index contributed by atoms with van der Waals surface area (Å²) in [6.07, 6.45) is 0. The van der Waals surface area contributed by atoms with Crippen molar-refractivity contribution in [3.63, 3.8) is 0 Å². The maximum absolute atomic E-state index is 13.3. The molecular weight excluding hydrogens is 387 g/mol. The minimum Gasteiger partial charge on any atom is -0.491 e. The van der Waals surface area contributed by atoms with Gasteiger partial charge in [-0.3, -0.25) is 0 Å². The molecule has 0 atom stereocenters. The average molecular weight is 406 g/mol. The number of rotatable bonds is 8. The van der Waals surface area contributed by atoms with Crippen LogP contribution in [-0.4, -0.2) is 29.2 Å². The summed E-state index contributed by atoms with van der Waals surface area (Å²) in [5.41, 5.74) is 2.37. The molecule has 0 aliphatic heterocycles. The van der Waals surface area contributed by atoms with Crippen molar-refractivity contribution < 1.29 is 23.4 Å². The Morgan fingerprint density at radius 1 is 1.03 bits per heavy atom. The summed E-state index contributed by atoms with van der Waals surface area (Å²) in [6, 6.07) is 20.5. The smallest absolute Gasteiger partial charge is 0.339 e. The highest BCUT2D eigenvalue weighted by Gasteiger charge is 2.16. The minimum atomic E-state index is -1.05. The Morgan fingerprint density at radius 2 is 1.77 bits per heavy atom. The van der Waals surface area contributed by atoms with Crippen LogP contribution in [0, 0.1) is 5.82 Å². The van der Waals surface area contributed by atoms with Crippen LogP contribution >= 0.6 is 0 Å². The van der Waals surface area contributed by atoms with Crippen molar-refractivity contribution >= 4 is 23.1 Å². The number of fused-ring (bicyclic) bond motifs is 1. The van der Waals surface area contributed by atoms with Gasteiger partial charge < -0.3 is 19.2 Å². The fourth-order valence-corrected chi connectivity index (χ4v) is 3.08. The molecule has 0 unspecified atom stereocenters. The van der Waals surface area contributed by atoms with E-state index < -0.39 is 5.97 Å². The van der Waals surface area contributed by atoms with Crippen LogP contribution in [0.25, 0.3) is 11.1 Å². The van der Waals surface area contributed by atoms with Gasteiger partial charge in [0, 0.05) is 6.54 Å². The number of carboxylic acid groups (broad SMARTS) is 1. The van der Waals surface area contributed by atoms with E-state index in [2.05, 4.69) is 4.98 Å². The normalized spacial score (nSPS) is 10.8. The SMILES string of the molecule is O=C(O)c1ccccc1OCCN(Cc1ccc(F)cc1)c1nc2ccccc2o1. The largest absolute Gasteiger partial charge is 0.491 e. The Bertz CT molecular complexity index is 1120. The molecule has 3 aromatic carbocycles. The Morgan fingerprint density at radius 3 is 2.53 bits per heavy atom. The van der Waals surface area contributed by atoms with Crippen molar-refractivity contribution in [3.05, 3.63) is 89.7 Å². The summed E-state index contributed by atoms with van der Waals surface area (Å²) >= 11 is 0. The number of ether oxygens (including phenoxy) is 1. The predicted molar refractivity (Wildman–Crippen MR) is 110 cm³/mol. The fraction of sp³-hybridized carbons (Fsp3) is 0.130. The molecule has 0 saturated heterocycles. The second-order valence-electron chi connectivity index (χ2n) is 6.66. The van der Waals surface area contributed by atoms with Crippen LogP contribution in [0.1, 0.15) is 15.9 Å². The van der Waals surface area contributed by atoms with Gasteiger partial charge in [-0.25, -0.2) is 9.18 Å². The number of aromatic nitrogens is 1. The molecular formula is C23H19FN2O4. The quantitative estimate of drug-likeness (QED) is 0.455. The third kappa shape index (κ3) is 4.41. The van der Waals surface area contributed by atoms with Gasteiger partial charge in [-0.2, -0.15) is 4.98 Å². The second-order valence-corrected chi connectivity index (χ2v) is 6.66. The van der Waals surface area contributed by atoms with E-state index in [1.807, 2.05) is 29.2 Å². The lowest BCUT2D eigenvalue weighted by atomic mass is 10.2. The van der Waals surface area contributed by atoms with Crippen LogP contribution in [0.2, 0.25) is 0 Å². The van der Waals surface area contributed by atoms with Crippen LogP contribution < -0.4 is 9.64 Å². The van der Waals surface area contributed by atoms with Gasteiger partial charge in [-0.15, -0.1) is 0 Å². The number of carboxylic acids is 1. The van der Waals surface area contributed by atoms with Crippen LogP contribution in [-0.2, 0) is 6.54 Å². The van der Waals surface area contributed by atoms with Gasteiger partial charge in [0.25, 0.3) is 6.01 Å². The number of hydrogen-bond donors (Lipinski definition) is 1. The molecule has 4 rings (SSSR count). The zero-order valence-corrected chi connectivity index (χ0v) is 16.0. The van der Waals surface area contributed by atoms with Crippen molar-refractivity contribution in [3.8, 4) is 5.75 Å². The summed E-state index contributed by atoms with van der Waals surface area (Å²) in [5.74, 6) is -1.06. The van der Waals surface area contributed by atoms with E-state index in [0.717, 1.165) is 11.1 Å². The Kier molecular flexibility index (Phi) is 5.61. The van der Waals surface area contributed by atoms with Gasteiger partial charge in [-0.05, 0) is 42.0 Å². The molecule has 0 radical (unpaired) electrons. The zero-order chi connectivity index (χ0) is 20.9. The Hall–Kier alpha value is -3.87. The summed E-state index contributed by atoms with van der Waals surface area (Å²) in [4.78, 5) is 17.8. The summed E-state index contributed by atoms with van der Waals surface area (Å²) < 4.78 is 24.9. The van der Waals surface area contributed by atoms with Crippen LogP contribution in [0.5, 0.6) is 5.75 Å².